The lowest BCUT2D eigenvalue weighted by Gasteiger charge is -2.38. The van der Waals surface area contributed by atoms with Crippen molar-refractivity contribution in [2.45, 2.75) is 43.2 Å². The van der Waals surface area contributed by atoms with Gasteiger partial charge in [0, 0.05) is 38.5 Å². The van der Waals surface area contributed by atoms with E-state index in [0.29, 0.717) is 25.9 Å². The van der Waals surface area contributed by atoms with Gasteiger partial charge in [-0.05, 0) is 41.0 Å². The molecule has 184 valence electrons. The molecule has 8 nitrogen and oxygen atoms in total. The summed E-state index contributed by atoms with van der Waals surface area (Å²) in [5.74, 6) is -1.12. The van der Waals surface area contributed by atoms with Crippen LogP contribution in [0.3, 0.4) is 0 Å². The molecule has 5 rings (SSSR count). The summed E-state index contributed by atoms with van der Waals surface area (Å²) in [6.07, 6.45) is 1.43. The third kappa shape index (κ3) is 4.27. The summed E-state index contributed by atoms with van der Waals surface area (Å²) < 4.78 is 10.9. The van der Waals surface area contributed by atoms with Gasteiger partial charge in [0.15, 0.2) is 5.54 Å². The molecular formula is C27H30N2O6. The molecule has 8 heteroatoms. The number of benzene rings is 2. The van der Waals surface area contributed by atoms with Crippen molar-refractivity contribution in [2.24, 2.45) is 5.92 Å². The molecule has 2 aromatic carbocycles. The predicted molar refractivity (Wildman–Crippen MR) is 128 cm³/mol. The van der Waals surface area contributed by atoms with E-state index in [1.165, 1.54) is 34.2 Å². The second-order valence-corrected chi connectivity index (χ2v) is 9.80. The van der Waals surface area contributed by atoms with Crippen molar-refractivity contribution in [3.8, 4) is 11.1 Å². The first-order chi connectivity index (χ1) is 16.9. The number of nitrogens with zero attached hydrogens (tertiary/aromatic N) is 1. The maximum atomic E-state index is 12.7. The average Bonchev–Trinajstić information content (AvgIpc) is 3.45. The SMILES string of the molecule is CN(C(=O)CC1CC(NC(=O)OCC2c3ccccc3-c3ccccc32)C1)C1(C(=O)O)CCOC1. The van der Waals surface area contributed by atoms with E-state index >= 15 is 0 Å². The number of hydrogen-bond acceptors (Lipinski definition) is 5. The standard InChI is InChI=1S/C27H30N2O6/c1-29(27(25(31)32)10-11-34-16-27)24(30)14-17-12-18(13-17)28-26(33)35-15-23-21-8-4-2-6-19(21)20-7-3-5-9-22(20)23/h2-9,17-18,23H,10-16H2,1H3,(H,28,33)(H,31,32). The number of rotatable bonds is 7. The molecule has 1 saturated carbocycles. The predicted octanol–water partition coefficient (Wildman–Crippen LogP) is 3.40. The largest absolute Gasteiger partial charge is 0.479 e. The number of aliphatic carboxylic acids is 1. The van der Waals surface area contributed by atoms with Gasteiger partial charge >= 0.3 is 12.1 Å². The van der Waals surface area contributed by atoms with Gasteiger partial charge in [-0.2, -0.15) is 0 Å². The first-order valence-corrected chi connectivity index (χ1v) is 12.1. The fourth-order valence-corrected chi connectivity index (χ4v) is 5.58. The topological polar surface area (TPSA) is 105 Å². The van der Waals surface area contributed by atoms with E-state index in [2.05, 4.69) is 29.6 Å². The van der Waals surface area contributed by atoms with Crippen molar-refractivity contribution in [3.05, 3.63) is 59.7 Å². The highest BCUT2D eigenvalue weighted by molar-refractivity contribution is 5.87. The Morgan fingerprint density at radius 2 is 1.71 bits per heavy atom. The Morgan fingerprint density at radius 1 is 1.09 bits per heavy atom. The Kier molecular flexibility index (Phi) is 6.23. The summed E-state index contributed by atoms with van der Waals surface area (Å²) in [6.45, 7) is 0.610. The highest BCUT2D eigenvalue weighted by Crippen LogP contribution is 2.44. The van der Waals surface area contributed by atoms with E-state index in [4.69, 9.17) is 9.47 Å². The van der Waals surface area contributed by atoms with E-state index in [1.807, 2.05) is 24.3 Å². The maximum absolute atomic E-state index is 12.7. The minimum absolute atomic E-state index is 0.0107. The first kappa shape index (κ1) is 23.4. The summed E-state index contributed by atoms with van der Waals surface area (Å²) >= 11 is 0. The summed E-state index contributed by atoms with van der Waals surface area (Å²) in [5, 5.41) is 12.5. The second-order valence-electron chi connectivity index (χ2n) is 9.80. The molecule has 2 aliphatic carbocycles. The first-order valence-electron chi connectivity index (χ1n) is 12.1. The lowest BCUT2D eigenvalue weighted by Crippen LogP contribution is -2.56. The number of hydrogen-bond donors (Lipinski definition) is 2. The molecule has 0 bridgehead atoms. The Balaban J connectivity index is 1.09. The van der Waals surface area contributed by atoms with Gasteiger partial charge in [-0.25, -0.2) is 9.59 Å². The molecule has 3 aliphatic rings. The molecule has 2 amide bonds. The van der Waals surface area contributed by atoms with Crippen molar-refractivity contribution in [1.29, 1.82) is 0 Å². The van der Waals surface area contributed by atoms with Crippen LogP contribution in [0.2, 0.25) is 0 Å². The van der Waals surface area contributed by atoms with Crippen LogP contribution in [0, 0.1) is 5.92 Å². The molecule has 2 fully saturated rings. The zero-order valence-corrected chi connectivity index (χ0v) is 19.7. The van der Waals surface area contributed by atoms with Crippen LogP contribution in [-0.2, 0) is 19.1 Å². The van der Waals surface area contributed by atoms with E-state index in [0.717, 1.165) is 0 Å². The number of amides is 2. The number of carbonyl (C=O) groups is 3. The van der Waals surface area contributed by atoms with Gasteiger partial charge in [-0.15, -0.1) is 0 Å². The lowest BCUT2D eigenvalue weighted by molar-refractivity contribution is -0.158. The quantitative estimate of drug-likeness (QED) is 0.632. The molecule has 1 aliphatic heterocycles. The minimum atomic E-state index is -1.28. The van der Waals surface area contributed by atoms with E-state index in [9.17, 15) is 19.5 Å². The van der Waals surface area contributed by atoms with Crippen LogP contribution in [0.15, 0.2) is 48.5 Å². The van der Waals surface area contributed by atoms with Gasteiger partial charge in [0.1, 0.15) is 6.61 Å². The number of likely N-dealkylation sites (N-methyl/N-ethyl adjacent to an activating group) is 1. The van der Waals surface area contributed by atoms with E-state index < -0.39 is 17.6 Å². The highest BCUT2D eigenvalue weighted by Gasteiger charge is 2.48. The number of ether oxygens (including phenoxy) is 2. The molecule has 0 spiro atoms. The van der Waals surface area contributed by atoms with Crippen LogP contribution in [0.25, 0.3) is 11.1 Å². The van der Waals surface area contributed by atoms with Crippen molar-refractivity contribution in [3.63, 3.8) is 0 Å². The summed E-state index contributed by atoms with van der Waals surface area (Å²) in [6, 6.07) is 16.4. The molecule has 1 unspecified atom stereocenters. The van der Waals surface area contributed by atoms with Crippen LogP contribution < -0.4 is 5.32 Å². The second kappa shape index (κ2) is 9.34. The van der Waals surface area contributed by atoms with Gasteiger partial charge in [0.05, 0.1) is 6.61 Å². The maximum Gasteiger partial charge on any atom is 0.407 e. The summed E-state index contributed by atoms with van der Waals surface area (Å²) in [7, 11) is 1.54. The molecule has 1 atom stereocenters. The summed E-state index contributed by atoms with van der Waals surface area (Å²) in [5.41, 5.74) is 3.42. The van der Waals surface area contributed by atoms with Crippen LogP contribution in [0.4, 0.5) is 4.79 Å². The third-order valence-corrected chi connectivity index (χ3v) is 7.78. The fourth-order valence-electron chi connectivity index (χ4n) is 5.58. The van der Waals surface area contributed by atoms with Gasteiger partial charge in [0.25, 0.3) is 0 Å². The van der Waals surface area contributed by atoms with Crippen LogP contribution in [-0.4, -0.2) is 66.4 Å². The van der Waals surface area contributed by atoms with Crippen molar-refractivity contribution in [1.82, 2.24) is 10.2 Å². The van der Waals surface area contributed by atoms with Crippen molar-refractivity contribution >= 4 is 18.0 Å². The lowest BCUT2D eigenvalue weighted by atomic mass is 9.77. The van der Waals surface area contributed by atoms with Gasteiger partial charge in [0.2, 0.25) is 5.91 Å². The summed E-state index contributed by atoms with van der Waals surface area (Å²) in [4.78, 5) is 38.3. The Labute approximate surface area is 204 Å². The van der Waals surface area contributed by atoms with Crippen molar-refractivity contribution < 1.29 is 29.0 Å². The van der Waals surface area contributed by atoms with E-state index in [1.54, 1.807) is 0 Å². The third-order valence-electron chi connectivity index (χ3n) is 7.78. The number of carboxylic acids is 1. The molecule has 35 heavy (non-hydrogen) atoms. The molecule has 1 heterocycles. The number of carbonyl (C=O) groups excluding carboxylic acids is 2. The number of carboxylic acid groups (broad SMARTS) is 1. The number of alkyl carbamates (subject to hydrolysis) is 1. The monoisotopic (exact) mass is 478 g/mol. The molecule has 2 aromatic rings. The van der Waals surface area contributed by atoms with Gasteiger partial charge in [-0.1, -0.05) is 48.5 Å². The zero-order chi connectivity index (χ0) is 24.6. The number of fused-ring (bicyclic) bond motifs is 3. The average molecular weight is 479 g/mol. The Morgan fingerprint density at radius 3 is 2.29 bits per heavy atom. The molecule has 2 N–H and O–H groups in total. The number of nitrogens with one attached hydrogen (secondary N) is 1. The smallest absolute Gasteiger partial charge is 0.407 e. The fraction of sp³-hybridized carbons (Fsp3) is 0.444. The van der Waals surface area contributed by atoms with Crippen LogP contribution >= 0.6 is 0 Å². The normalized spacial score (nSPS) is 24.7. The van der Waals surface area contributed by atoms with Gasteiger partial charge in [-0.3, -0.25) is 4.79 Å². The van der Waals surface area contributed by atoms with Crippen LogP contribution in [0.5, 0.6) is 0 Å². The Bertz CT molecular complexity index is 1090. The van der Waals surface area contributed by atoms with E-state index in [-0.39, 0.29) is 43.4 Å². The molecular weight excluding hydrogens is 448 g/mol. The Hall–Kier alpha value is -3.39. The van der Waals surface area contributed by atoms with Gasteiger partial charge < -0.3 is 24.8 Å². The van der Waals surface area contributed by atoms with Crippen molar-refractivity contribution in [2.75, 3.05) is 26.9 Å². The van der Waals surface area contributed by atoms with Crippen LogP contribution in [0.1, 0.15) is 42.7 Å². The molecule has 0 radical (unpaired) electrons. The zero-order valence-electron chi connectivity index (χ0n) is 19.7. The minimum Gasteiger partial charge on any atom is -0.479 e. The molecule has 1 saturated heterocycles. The molecule has 0 aromatic heterocycles. The highest BCUT2D eigenvalue weighted by atomic mass is 16.5.